The fourth-order valence-electron chi connectivity index (χ4n) is 4.60. The number of aliphatic carboxylic acids is 1. The first-order chi connectivity index (χ1) is 13.6. The number of aliphatic hydroxyl groups excluding tert-OH is 1. The molecular weight excluding hydrogens is 493 g/mol. The molecule has 1 unspecified atom stereocenters. The van der Waals surface area contributed by atoms with Gasteiger partial charge in [-0.2, -0.15) is 0 Å². The molecular formula is C22H35F2IO4. The average molecular weight is 528 g/mol. The predicted molar refractivity (Wildman–Crippen MR) is 117 cm³/mol. The Balaban J connectivity index is 1.92. The summed E-state index contributed by atoms with van der Waals surface area (Å²) in [5.74, 6) is -3.49. The minimum atomic E-state index is -3.09. The molecule has 168 valence electrons. The number of carboxylic acid groups (broad SMARTS) is 1. The Labute approximate surface area is 186 Å². The number of rotatable bonds is 11. The molecule has 1 heterocycles. The Morgan fingerprint density at radius 2 is 2.03 bits per heavy atom. The van der Waals surface area contributed by atoms with Crippen molar-refractivity contribution in [3.8, 4) is 0 Å². The molecule has 0 radical (unpaired) electrons. The van der Waals surface area contributed by atoms with E-state index < -0.39 is 18.0 Å². The van der Waals surface area contributed by atoms with Gasteiger partial charge in [-0.3, -0.25) is 4.79 Å². The van der Waals surface area contributed by atoms with Crippen LogP contribution in [0.25, 0.3) is 0 Å². The number of hydrogen-bond acceptors (Lipinski definition) is 3. The van der Waals surface area contributed by atoms with Crippen LogP contribution in [-0.4, -0.2) is 44.3 Å². The molecule has 1 saturated heterocycles. The molecule has 2 aliphatic rings. The van der Waals surface area contributed by atoms with Gasteiger partial charge in [0.25, 0.3) is 5.92 Å². The lowest BCUT2D eigenvalue weighted by molar-refractivity contribution is -0.141. The fourth-order valence-corrected chi connectivity index (χ4v) is 5.42. The van der Waals surface area contributed by atoms with Crippen LogP contribution in [-0.2, 0) is 9.53 Å². The molecule has 0 aromatic carbocycles. The normalized spacial score (nSPS) is 33.0. The van der Waals surface area contributed by atoms with Crippen LogP contribution in [0.5, 0.6) is 0 Å². The second-order valence-electron chi connectivity index (χ2n) is 8.93. The number of aliphatic hydroxyl groups is 1. The topological polar surface area (TPSA) is 66.8 Å². The van der Waals surface area contributed by atoms with Gasteiger partial charge >= 0.3 is 5.97 Å². The van der Waals surface area contributed by atoms with Crippen LogP contribution in [0.15, 0.2) is 12.2 Å². The molecule has 2 rings (SSSR count). The summed E-state index contributed by atoms with van der Waals surface area (Å²) in [6, 6.07) is 0. The summed E-state index contributed by atoms with van der Waals surface area (Å²) in [5, 5.41) is 19.0. The van der Waals surface area contributed by atoms with E-state index in [0.29, 0.717) is 25.2 Å². The van der Waals surface area contributed by atoms with Crippen molar-refractivity contribution in [3.05, 3.63) is 12.2 Å². The molecule has 2 fully saturated rings. The number of carboxylic acids is 1. The first kappa shape index (κ1) is 25.0. The van der Waals surface area contributed by atoms with Gasteiger partial charge in [0.15, 0.2) is 0 Å². The standard InChI is InChI=1S/C22H35F2IO4/c1-4-5-10-22(23,24)20(26)9-7-15-14(3)11-18-16(15)12-19(29-18)17(25)8-6-13(2)21(27)28/h7,9,13-20,26H,4-6,8,10-12H2,1-3H3,(H,27,28)/t13?,14-,15-,16-,17-,18+,19-,20-/m1/s1. The summed E-state index contributed by atoms with van der Waals surface area (Å²) in [6.07, 6.45) is 5.49. The van der Waals surface area contributed by atoms with Gasteiger partial charge in [-0.1, -0.05) is 61.9 Å². The quantitative estimate of drug-likeness (QED) is 0.212. The predicted octanol–water partition coefficient (Wildman–Crippen LogP) is 5.46. The van der Waals surface area contributed by atoms with Crippen molar-refractivity contribution in [1.29, 1.82) is 0 Å². The lowest BCUT2D eigenvalue weighted by atomic mass is 9.85. The molecule has 0 bridgehead atoms. The molecule has 7 heteroatoms. The molecule has 0 spiro atoms. The van der Waals surface area contributed by atoms with Gasteiger partial charge in [0.2, 0.25) is 0 Å². The van der Waals surface area contributed by atoms with Crippen molar-refractivity contribution in [2.45, 2.75) is 93.9 Å². The van der Waals surface area contributed by atoms with Crippen molar-refractivity contribution in [2.75, 3.05) is 0 Å². The lowest BCUT2D eigenvalue weighted by Crippen LogP contribution is -2.32. The largest absolute Gasteiger partial charge is 0.481 e. The van der Waals surface area contributed by atoms with Crippen LogP contribution in [0, 0.1) is 23.7 Å². The number of alkyl halides is 3. The van der Waals surface area contributed by atoms with Gasteiger partial charge in [0, 0.05) is 10.3 Å². The Morgan fingerprint density at radius 3 is 2.66 bits per heavy atom. The van der Waals surface area contributed by atoms with Gasteiger partial charge in [-0.15, -0.1) is 0 Å². The average Bonchev–Trinajstić information content (AvgIpc) is 3.19. The van der Waals surface area contributed by atoms with E-state index in [1.54, 1.807) is 13.0 Å². The highest BCUT2D eigenvalue weighted by atomic mass is 127. The molecule has 0 aromatic rings. The molecule has 1 aliphatic carbocycles. The SMILES string of the molecule is CCCCC(F)(F)[C@H](O)C=C[C@H]1[C@H]2C[C@H]([C@H](I)CCC(C)C(=O)O)O[C@H]2C[C@H]1C. The van der Waals surface area contributed by atoms with E-state index >= 15 is 0 Å². The Morgan fingerprint density at radius 1 is 1.34 bits per heavy atom. The molecule has 2 N–H and O–H groups in total. The van der Waals surface area contributed by atoms with E-state index in [2.05, 4.69) is 29.5 Å². The summed E-state index contributed by atoms with van der Waals surface area (Å²) in [6.45, 7) is 5.70. The Hall–Kier alpha value is -0.280. The van der Waals surface area contributed by atoms with E-state index in [1.165, 1.54) is 6.08 Å². The van der Waals surface area contributed by atoms with Crippen molar-refractivity contribution >= 4 is 28.6 Å². The van der Waals surface area contributed by atoms with Crippen LogP contribution in [0.2, 0.25) is 0 Å². The van der Waals surface area contributed by atoms with Crippen molar-refractivity contribution < 1.29 is 28.5 Å². The lowest BCUT2D eigenvalue weighted by Gasteiger charge is -2.23. The number of unbranched alkanes of at least 4 members (excludes halogenated alkanes) is 1. The maximum atomic E-state index is 14.0. The molecule has 1 saturated carbocycles. The zero-order valence-corrected chi connectivity index (χ0v) is 19.7. The zero-order chi connectivity index (χ0) is 21.8. The summed E-state index contributed by atoms with van der Waals surface area (Å²) < 4.78 is 34.6. The van der Waals surface area contributed by atoms with Gasteiger partial charge in [-0.25, -0.2) is 8.78 Å². The number of allylic oxidation sites excluding steroid dienone is 1. The number of fused-ring (bicyclic) bond motifs is 1. The first-order valence-electron chi connectivity index (χ1n) is 10.8. The summed E-state index contributed by atoms with van der Waals surface area (Å²) in [4.78, 5) is 11.0. The number of halogens is 3. The van der Waals surface area contributed by atoms with Crippen LogP contribution in [0.1, 0.15) is 65.7 Å². The molecule has 0 aromatic heterocycles. The van der Waals surface area contributed by atoms with Gasteiger partial charge in [0.05, 0.1) is 18.1 Å². The summed E-state index contributed by atoms with van der Waals surface area (Å²) in [7, 11) is 0. The zero-order valence-electron chi connectivity index (χ0n) is 17.6. The van der Waals surface area contributed by atoms with Crippen LogP contribution < -0.4 is 0 Å². The highest BCUT2D eigenvalue weighted by Crippen LogP contribution is 2.49. The number of carbonyl (C=O) groups is 1. The van der Waals surface area contributed by atoms with Crippen molar-refractivity contribution in [3.63, 3.8) is 0 Å². The highest BCUT2D eigenvalue weighted by molar-refractivity contribution is 14.1. The van der Waals surface area contributed by atoms with Crippen LogP contribution >= 0.6 is 22.6 Å². The third-order valence-corrected chi connectivity index (χ3v) is 8.02. The minimum absolute atomic E-state index is 0.0749. The van der Waals surface area contributed by atoms with Gasteiger partial charge in [-0.05, 0) is 49.9 Å². The van der Waals surface area contributed by atoms with E-state index in [-0.39, 0.29) is 40.3 Å². The highest BCUT2D eigenvalue weighted by Gasteiger charge is 2.48. The molecule has 29 heavy (non-hydrogen) atoms. The van der Waals surface area contributed by atoms with E-state index in [4.69, 9.17) is 9.84 Å². The van der Waals surface area contributed by atoms with E-state index in [1.807, 2.05) is 6.92 Å². The minimum Gasteiger partial charge on any atom is -0.481 e. The summed E-state index contributed by atoms with van der Waals surface area (Å²) >= 11 is 2.35. The molecule has 4 nitrogen and oxygen atoms in total. The Kier molecular flexibility index (Phi) is 9.34. The number of hydrogen-bond donors (Lipinski definition) is 2. The van der Waals surface area contributed by atoms with Gasteiger partial charge < -0.3 is 14.9 Å². The van der Waals surface area contributed by atoms with Crippen molar-refractivity contribution in [2.24, 2.45) is 23.7 Å². The van der Waals surface area contributed by atoms with Crippen molar-refractivity contribution in [1.82, 2.24) is 0 Å². The molecule has 1 aliphatic heterocycles. The maximum absolute atomic E-state index is 14.0. The second kappa shape index (κ2) is 10.8. The fraction of sp³-hybridized carbons (Fsp3) is 0.864. The monoisotopic (exact) mass is 528 g/mol. The summed E-state index contributed by atoms with van der Waals surface area (Å²) in [5.41, 5.74) is 0. The number of ether oxygens (including phenoxy) is 1. The van der Waals surface area contributed by atoms with Crippen LogP contribution in [0.4, 0.5) is 8.78 Å². The van der Waals surface area contributed by atoms with Gasteiger partial charge in [0.1, 0.15) is 6.10 Å². The molecule has 8 atom stereocenters. The van der Waals surface area contributed by atoms with E-state index in [9.17, 15) is 18.7 Å². The Bertz CT molecular complexity index is 571. The first-order valence-corrected chi connectivity index (χ1v) is 12.1. The van der Waals surface area contributed by atoms with E-state index in [0.717, 1.165) is 19.3 Å². The smallest absolute Gasteiger partial charge is 0.306 e. The second-order valence-corrected chi connectivity index (χ2v) is 10.5. The maximum Gasteiger partial charge on any atom is 0.306 e. The van der Waals surface area contributed by atoms with Crippen LogP contribution in [0.3, 0.4) is 0 Å². The third kappa shape index (κ3) is 6.60. The third-order valence-electron chi connectivity index (χ3n) is 6.60. The molecule has 0 amide bonds.